The molecule has 0 saturated heterocycles. The van der Waals surface area contributed by atoms with Crippen molar-refractivity contribution in [3.05, 3.63) is 21.9 Å². The van der Waals surface area contributed by atoms with E-state index in [4.69, 9.17) is 0 Å². The van der Waals surface area contributed by atoms with Crippen LogP contribution in [0.25, 0.3) is 0 Å². The van der Waals surface area contributed by atoms with Gasteiger partial charge in [0.25, 0.3) is 5.91 Å². The Kier molecular flexibility index (Phi) is 3.41. The van der Waals surface area contributed by atoms with Gasteiger partial charge in [-0.1, -0.05) is 0 Å². The molecule has 1 aromatic heterocycles. The Hall–Kier alpha value is -0.420. The lowest BCUT2D eigenvalue weighted by Gasteiger charge is -2.03. The molecule has 5 heteroatoms. The largest absolute Gasteiger partial charge is 0.351 e. The van der Waals surface area contributed by atoms with Crippen LogP contribution < -0.4 is 5.32 Å². The van der Waals surface area contributed by atoms with E-state index in [-0.39, 0.29) is 5.91 Å². The smallest absolute Gasteiger partial charge is 0.253 e. The van der Waals surface area contributed by atoms with Gasteiger partial charge in [0, 0.05) is 24.5 Å². The maximum atomic E-state index is 11.8. The molecule has 2 heterocycles. The third-order valence-electron chi connectivity index (χ3n) is 2.60. The van der Waals surface area contributed by atoms with Crippen molar-refractivity contribution in [2.45, 2.75) is 19.4 Å². The lowest BCUT2D eigenvalue weighted by molar-refractivity contribution is 0.0955. The topological polar surface area (TPSA) is 34.0 Å². The molecule has 1 N–H and O–H groups in total. The Morgan fingerprint density at radius 2 is 2.47 bits per heavy atom. The number of nitrogens with zero attached hydrogens (tertiary/aromatic N) is 1. The Morgan fingerprint density at radius 1 is 1.67 bits per heavy atom. The molecule has 0 fully saturated rings. The Bertz CT molecular complexity index is 389. The van der Waals surface area contributed by atoms with E-state index in [0.717, 1.165) is 35.2 Å². The second-order valence-corrected chi connectivity index (χ2v) is 4.82. The van der Waals surface area contributed by atoms with Crippen molar-refractivity contribution in [2.75, 3.05) is 12.3 Å². The normalized spacial score (nSPS) is 14.0. The van der Waals surface area contributed by atoms with Gasteiger partial charge in [-0.2, -0.15) is 12.6 Å². The molecule has 1 amide bonds. The second-order valence-electron chi connectivity index (χ2n) is 3.56. The van der Waals surface area contributed by atoms with E-state index in [1.54, 1.807) is 0 Å². The summed E-state index contributed by atoms with van der Waals surface area (Å²) in [4.78, 5) is 11.8. The highest BCUT2D eigenvalue weighted by Crippen LogP contribution is 2.27. The van der Waals surface area contributed by atoms with Gasteiger partial charge in [0.05, 0.1) is 10.2 Å². The fourth-order valence-corrected chi connectivity index (χ4v) is 2.66. The van der Waals surface area contributed by atoms with Gasteiger partial charge in [-0.25, -0.2) is 0 Å². The number of thiol groups is 1. The highest BCUT2D eigenvalue weighted by atomic mass is 79.9. The number of carbonyl (C=O) groups excluding carboxylic acids is 1. The number of hydrogen-bond acceptors (Lipinski definition) is 2. The minimum Gasteiger partial charge on any atom is -0.351 e. The van der Waals surface area contributed by atoms with Crippen molar-refractivity contribution in [3.63, 3.8) is 0 Å². The fraction of sp³-hybridized carbons (Fsp3) is 0.500. The molecule has 0 radical (unpaired) electrons. The van der Waals surface area contributed by atoms with Gasteiger partial charge in [-0.3, -0.25) is 4.79 Å². The third kappa shape index (κ3) is 2.08. The number of carbonyl (C=O) groups is 1. The first-order chi connectivity index (χ1) is 7.24. The van der Waals surface area contributed by atoms with E-state index >= 15 is 0 Å². The average Bonchev–Trinajstić information content (AvgIpc) is 2.79. The lowest BCUT2D eigenvalue weighted by Crippen LogP contribution is -2.25. The molecule has 3 nitrogen and oxygen atoms in total. The van der Waals surface area contributed by atoms with Crippen LogP contribution in [0.2, 0.25) is 0 Å². The van der Waals surface area contributed by atoms with Gasteiger partial charge in [0.1, 0.15) is 0 Å². The van der Waals surface area contributed by atoms with Crippen LogP contribution >= 0.6 is 28.6 Å². The molecule has 0 aliphatic carbocycles. The highest BCUT2D eigenvalue weighted by molar-refractivity contribution is 9.10. The van der Waals surface area contributed by atoms with Crippen LogP contribution in [-0.4, -0.2) is 22.8 Å². The van der Waals surface area contributed by atoms with E-state index in [9.17, 15) is 4.79 Å². The van der Waals surface area contributed by atoms with Crippen molar-refractivity contribution in [1.29, 1.82) is 0 Å². The summed E-state index contributed by atoms with van der Waals surface area (Å²) in [5, 5.41) is 2.84. The van der Waals surface area contributed by atoms with Gasteiger partial charge in [-0.05, 0) is 34.8 Å². The van der Waals surface area contributed by atoms with Crippen LogP contribution in [0.5, 0.6) is 0 Å². The highest BCUT2D eigenvalue weighted by Gasteiger charge is 2.22. The Labute approximate surface area is 103 Å². The van der Waals surface area contributed by atoms with Gasteiger partial charge in [0.15, 0.2) is 0 Å². The molecule has 2 rings (SSSR count). The molecule has 1 aliphatic heterocycles. The number of halogens is 1. The third-order valence-corrected chi connectivity index (χ3v) is 3.48. The van der Waals surface area contributed by atoms with E-state index < -0.39 is 0 Å². The summed E-state index contributed by atoms with van der Waals surface area (Å²) in [5.74, 6) is 0.684. The van der Waals surface area contributed by atoms with Crippen LogP contribution in [0.3, 0.4) is 0 Å². The van der Waals surface area contributed by atoms with Crippen molar-refractivity contribution in [2.24, 2.45) is 0 Å². The SMILES string of the molecule is O=C(NCCS)c1cc(Br)n2c1CCC2. The first-order valence-electron chi connectivity index (χ1n) is 5.01. The van der Waals surface area contributed by atoms with Crippen LogP contribution in [-0.2, 0) is 13.0 Å². The molecule has 0 unspecified atom stereocenters. The van der Waals surface area contributed by atoms with Crippen molar-refractivity contribution >= 4 is 34.5 Å². The van der Waals surface area contributed by atoms with E-state index in [0.29, 0.717) is 12.3 Å². The first kappa shape index (κ1) is 11.1. The van der Waals surface area contributed by atoms with E-state index in [2.05, 4.69) is 38.4 Å². The van der Waals surface area contributed by atoms with Crippen LogP contribution in [0.1, 0.15) is 22.5 Å². The number of amides is 1. The number of rotatable bonds is 3. The lowest BCUT2D eigenvalue weighted by atomic mass is 10.2. The van der Waals surface area contributed by atoms with Crippen LogP contribution in [0.15, 0.2) is 10.7 Å². The molecule has 1 aromatic rings. The predicted molar refractivity (Wildman–Crippen MR) is 66.6 cm³/mol. The molecule has 0 spiro atoms. The zero-order chi connectivity index (χ0) is 10.8. The number of fused-ring (bicyclic) bond motifs is 1. The maximum absolute atomic E-state index is 11.8. The summed E-state index contributed by atoms with van der Waals surface area (Å²) in [5.41, 5.74) is 1.96. The summed E-state index contributed by atoms with van der Waals surface area (Å²) in [7, 11) is 0. The van der Waals surface area contributed by atoms with Gasteiger partial charge in [-0.15, -0.1) is 0 Å². The standard InChI is InChI=1S/C10H13BrN2OS/c11-9-6-7(10(14)12-3-5-15)8-2-1-4-13(8)9/h6,15H,1-5H2,(H,12,14). The summed E-state index contributed by atoms with van der Waals surface area (Å²) < 4.78 is 3.17. The van der Waals surface area contributed by atoms with Gasteiger partial charge >= 0.3 is 0 Å². The molecule has 0 bridgehead atoms. The first-order valence-corrected chi connectivity index (χ1v) is 6.43. The fourth-order valence-electron chi connectivity index (χ4n) is 1.93. The molecule has 0 saturated carbocycles. The molecular formula is C10H13BrN2OS. The Balaban J connectivity index is 2.21. The van der Waals surface area contributed by atoms with Crippen molar-refractivity contribution in [1.82, 2.24) is 9.88 Å². The second kappa shape index (κ2) is 4.61. The van der Waals surface area contributed by atoms with Crippen molar-refractivity contribution < 1.29 is 4.79 Å². The quantitative estimate of drug-likeness (QED) is 0.818. The summed E-state index contributed by atoms with van der Waals surface area (Å²) in [6.07, 6.45) is 2.12. The van der Waals surface area contributed by atoms with Gasteiger partial charge in [0.2, 0.25) is 0 Å². The summed E-state index contributed by atoms with van der Waals surface area (Å²) in [6.45, 7) is 1.62. The van der Waals surface area contributed by atoms with Crippen LogP contribution in [0, 0.1) is 0 Å². The summed E-state index contributed by atoms with van der Waals surface area (Å²) >= 11 is 7.54. The number of hydrogen-bond donors (Lipinski definition) is 2. The number of nitrogens with one attached hydrogen (secondary N) is 1. The minimum absolute atomic E-state index is 0.0143. The maximum Gasteiger partial charge on any atom is 0.253 e. The van der Waals surface area contributed by atoms with Gasteiger partial charge < -0.3 is 9.88 Å². The monoisotopic (exact) mass is 288 g/mol. The summed E-state index contributed by atoms with van der Waals surface area (Å²) in [6, 6.07) is 1.91. The minimum atomic E-state index is 0.0143. The molecule has 0 atom stereocenters. The zero-order valence-electron chi connectivity index (χ0n) is 8.29. The van der Waals surface area contributed by atoms with Crippen LogP contribution in [0.4, 0.5) is 0 Å². The predicted octanol–water partition coefficient (Wildman–Crippen LogP) is 1.86. The average molecular weight is 289 g/mol. The molecule has 15 heavy (non-hydrogen) atoms. The number of aromatic nitrogens is 1. The molecular weight excluding hydrogens is 276 g/mol. The molecule has 82 valence electrons. The van der Waals surface area contributed by atoms with E-state index in [1.165, 1.54) is 0 Å². The molecule has 0 aromatic carbocycles. The Morgan fingerprint density at radius 3 is 3.20 bits per heavy atom. The molecule has 1 aliphatic rings. The van der Waals surface area contributed by atoms with E-state index in [1.807, 2.05) is 6.07 Å². The zero-order valence-corrected chi connectivity index (χ0v) is 10.8. The van der Waals surface area contributed by atoms with Crippen molar-refractivity contribution in [3.8, 4) is 0 Å².